The third kappa shape index (κ3) is 2.26. The number of aryl methyl sites for hydroxylation is 2. The molecule has 0 fully saturated rings. The highest BCUT2D eigenvalue weighted by Crippen LogP contribution is 2.28. The highest BCUT2D eigenvalue weighted by atomic mass is 15.3. The molecule has 0 unspecified atom stereocenters. The first-order valence-electron chi connectivity index (χ1n) is 6.45. The Labute approximate surface area is 109 Å². The van der Waals surface area contributed by atoms with Crippen molar-refractivity contribution in [3.8, 4) is 11.3 Å². The Morgan fingerprint density at radius 1 is 1.28 bits per heavy atom. The average molecular weight is 243 g/mol. The largest absolute Gasteiger partial charge is 0.384 e. The number of hydrogen-bond donors (Lipinski definition) is 1. The molecule has 0 aliphatic carbocycles. The minimum Gasteiger partial charge on any atom is -0.384 e. The molecule has 2 N–H and O–H groups in total. The maximum atomic E-state index is 5.87. The Hall–Kier alpha value is -1.77. The number of nitrogen functional groups attached to an aromatic ring is 1. The molecule has 0 radical (unpaired) electrons. The maximum absolute atomic E-state index is 5.87. The van der Waals surface area contributed by atoms with Gasteiger partial charge in [-0.2, -0.15) is 5.10 Å². The molecule has 3 heteroatoms. The van der Waals surface area contributed by atoms with Crippen molar-refractivity contribution in [2.24, 2.45) is 7.05 Å². The molecule has 0 saturated carbocycles. The zero-order chi connectivity index (χ0) is 13.3. The van der Waals surface area contributed by atoms with E-state index in [1.54, 1.807) is 4.68 Å². The molecule has 0 aliphatic heterocycles. The van der Waals surface area contributed by atoms with E-state index in [9.17, 15) is 0 Å². The molecule has 2 aromatic rings. The van der Waals surface area contributed by atoms with Crippen LogP contribution < -0.4 is 5.73 Å². The van der Waals surface area contributed by atoms with Crippen LogP contribution in [-0.2, 0) is 13.5 Å². The van der Waals surface area contributed by atoms with Crippen molar-refractivity contribution in [1.29, 1.82) is 0 Å². The van der Waals surface area contributed by atoms with Gasteiger partial charge in [-0.25, -0.2) is 0 Å². The van der Waals surface area contributed by atoms with Crippen LogP contribution >= 0.6 is 0 Å². The summed E-state index contributed by atoms with van der Waals surface area (Å²) in [5.74, 6) is 1.22. The molecule has 1 heterocycles. The first-order chi connectivity index (χ1) is 8.52. The molecule has 0 saturated heterocycles. The van der Waals surface area contributed by atoms with Gasteiger partial charge < -0.3 is 5.73 Å². The van der Waals surface area contributed by atoms with Crippen molar-refractivity contribution in [1.82, 2.24) is 9.78 Å². The van der Waals surface area contributed by atoms with E-state index in [2.05, 4.69) is 44.1 Å². The third-order valence-corrected chi connectivity index (χ3v) is 3.37. The van der Waals surface area contributed by atoms with Crippen LogP contribution in [0.5, 0.6) is 0 Å². The van der Waals surface area contributed by atoms with Crippen molar-refractivity contribution in [2.45, 2.75) is 33.1 Å². The molecule has 96 valence electrons. The summed E-state index contributed by atoms with van der Waals surface area (Å²) in [7, 11) is 1.87. The summed E-state index contributed by atoms with van der Waals surface area (Å²) in [6.45, 7) is 6.58. The predicted octanol–water partition coefficient (Wildman–Crippen LogP) is 3.36. The molecule has 1 aromatic carbocycles. The standard InChI is InChI=1S/C15H21N3/c1-5-11-6-7-12(10(2)3)8-13(11)14-9-15(16)18(4)17-14/h6-10H,5,16H2,1-4H3. The molecule has 1 aromatic heterocycles. The number of nitrogens with zero attached hydrogens (tertiary/aromatic N) is 2. The van der Waals surface area contributed by atoms with Gasteiger partial charge in [0, 0.05) is 18.7 Å². The molecular formula is C15H21N3. The molecular weight excluding hydrogens is 222 g/mol. The number of benzene rings is 1. The van der Waals surface area contributed by atoms with E-state index in [0.29, 0.717) is 11.7 Å². The summed E-state index contributed by atoms with van der Waals surface area (Å²) in [5, 5.41) is 4.48. The molecule has 0 spiro atoms. The lowest BCUT2D eigenvalue weighted by Gasteiger charge is -2.11. The molecule has 0 aliphatic rings. The molecule has 0 amide bonds. The van der Waals surface area contributed by atoms with Gasteiger partial charge in [-0.05, 0) is 29.5 Å². The Morgan fingerprint density at radius 3 is 2.50 bits per heavy atom. The van der Waals surface area contributed by atoms with E-state index >= 15 is 0 Å². The summed E-state index contributed by atoms with van der Waals surface area (Å²) in [6, 6.07) is 8.60. The van der Waals surface area contributed by atoms with Crippen molar-refractivity contribution >= 4 is 5.82 Å². The van der Waals surface area contributed by atoms with Gasteiger partial charge in [0.25, 0.3) is 0 Å². The summed E-state index contributed by atoms with van der Waals surface area (Å²) in [4.78, 5) is 0. The Balaban J connectivity index is 2.56. The quantitative estimate of drug-likeness (QED) is 0.898. The van der Waals surface area contributed by atoms with Crippen LogP contribution in [0.1, 0.15) is 37.8 Å². The van der Waals surface area contributed by atoms with Crippen molar-refractivity contribution in [3.63, 3.8) is 0 Å². The normalized spacial score (nSPS) is 11.2. The number of nitrogens with two attached hydrogens (primary N) is 1. The maximum Gasteiger partial charge on any atom is 0.121 e. The summed E-state index contributed by atoms with van der Waals surface area (Å²) in [6.07, 6.45) is 1.00. The van der Waals surface area contributed by atoms with E-state index in [4.69, 9.17) is 5.73 Å². The van der Waals surface area contributed by atoms with E-state index in [1.807, 2.05) is 13.1 Å². The van der Waals surface area contributed by atoms with Crippen molar-refractivity contribution < 1.29 is 0 Å². The van der Waals surface area contributed by atoms with E-state index in [1.165, 1.54) is 16.7 Å². The summed E-state index contributed by atoms with van der Waals surface area (Å²) < 4.78 is 1.72. The highest BCUT2D eigenvalue weighted by Gasteiger charge is 2.11. The van der Waals surface area contributed by atoms with E-state index < -0.39 is 0 Å². The van der Waals surface area contributed by atoms with Gasteiger partial charge >= 0.3 is 0 Å². The molecule has 3 nitrogen and oxygen atoms in total. The summed E-state index contributed by atoms with van der Waals surface area (Å²) in [5.41, 5.74) is 10.7. The topological polar surface area (TPSA) is 43.8 Å². The monoisotopic (exact) mass is 243 g/mol. The number of aromatic nitrogens is 2. The third-order valence-electron chi connectivity index (χ3n) is 3.37. The van der Waals surface area contributed by atoms with Crippen LogP contribution in [0.15, 0.2) is 24.3 Å². The smallest absolute Gasteiger partial charge is 0.121 e. The SMILES string of the molecule is CCc1ccc(C(C)C)cc1-c1cc(N)n(C)n1. The second-order valence-corrected chi connectivity index (χ2v) is 5.00. The van der Waals surface area contributed by atoms with Crippen LogP contribution in [0, 0.1) is 0 Å². The average Bonchev–Trinajstić information content (AvgIpc) is 2.68. The van der Waals surface area contributed by atoms with Gasteiger partial charge in [0.2, 0.25) is 0 Å². The lowest BCUT2D eigenvalue weighted by atomic mass is 9.95. The van der Waals surface area contributed by atoms with Gasteiger partial charge in [0.15, 0.2) is 0 Å². The molecule has 18 heavy (non-hydrogen) atoms. The Morgan fingerprint density at radius 2 is 2.00 bits per heavy atom. The number of rotatable bonds is 3. The molecule has 2 rings (SSSR count). The van der Waals surface area contributed by atoms with Gasteiger partial charge in [0.05, 0.1) is 5.69 Å². The second-order valence-electron chi connectivity index (χ2n) is 5.00. The van der Waals surface area contributed by atoms with Crippen LogP contribution in [0.2, 0.25) is 0 Å². The lowest BCUT2D eigenvalue weighted by Crippen LogP contribution is -1.97. The fraction of sp³-hybridized carbons (Fsp3) is 0.400. The van der Waals surface area contributed by atoms with Crippen LogP contribution in [0.3, 0.4) is 0 Å². The van der Waals surface area contributed by atoms with E-state index in [-0.39, 0.29) is 0 Å². The van der Waals surface area contributed by atoms with Gasteiger partial charge in [-0.3, -0.25) is 4.68 Å². The lowest BCUT2D eigenvalue weighted by molar-refractivity contribution is 0.781. The highest BCUT2D eigenvalue weighted by molar-refractivity contribution is 5.67. The fourth-order valence-corrected chi connectivity index (χ4v) is 2.11. The molecule has 0 bridgehead atoms. The van der Waals surface area contributed by atoms with Crippen molar-refractivity contribution in [3.05, 3.63) is 35.4 Å². The number of hydrogen-bond acceptors (Lipinski definition) is 2. The van der Waals surface area contributed by atoms with Crippen LogP contribution in [-0.4, -0.2) is 9.78 Å². The van der Waals surface area contributed by atoms with Crippen LogP contribution in [0.4, 0.5) is 5.82 Å². The minimum absolute atomic E-state index is 0.524. The fourth-order valence-electron chi connectivity index (χ4n) is 2.11. The first kappa shape index (κ1) is 12.7. The zero-order valence-electron chi connectivity index (χ0n) is 11.6. The predicted molar refractivity (Wildman–Crippen MR) is 76.5 cm³/mol. The van der Waals surface area contributed by atoms with Gasteiger partial charge in [-0.1, -0.05) is 32.9 Å². The van der Waals surface area contributed by atoms with Gasteiger partial charge in [-0.15, -0.1) is 0 Å². The van der Waals surface area contributed by atoms with Gasteiger partial charge in [0.1, 0.15) is 5.82 Å². The number of anilines is 1. The zero-order valence-corrected chi connectivity index (χ0v) is 11.6. The Bertz CT molecular complexity index is 533. The molecule has 0 atom stereocenters. The van der Waals surface area contributed by atoms with E-state index in [0.717, 1.165) is 12.1 Å². The van der Waals surface area contributed by atoms with Crippen molar-refractivity contribution in [2.75, 3.05) is 5.73 Å². The summed E-state index contributed by atoms with van der Waals surface area (Å²) >= 11 is 0. The van der Waals surface area contributed by atoms with Crippen LogP contribution in [0.25, 0.3) is 11.3 Å². The first-order valence-corrected chi connectivity index (χ1v) is 6.45. The Kier molecular flexibility index (Phi) is 3.41. The minimum atomic E-state index is 0.524. The second kappa shape index (κ2) is 4.84.